The van der Waals surface area contributed by atoms with Crippen LogP contribution < -0.4 is 10.2 Å². The van der Waals surface area contributed by atoms with Crippen LogP contribution in [0.4, 0.5) is 5.69 Å². The molecular formula is C20H30ClN3O. The molecule has 4 nitrogen and oxygen atoms in total. The Bertz CT molecular complexity index is 601. The molecule has 1 saturated carbocycles. The first-order valence-electron chi connectivity index (χ1n) is 9.56. The molecule has 5 heteroatoms. The van der Waals surface area contributed by atoms with Crippen LogP contribution in [0.1, 0.15) is 44.6 Å². The molecule has 0 radical (unpaired) electrons. The highest BCUT2D eigenvalue weighted by atomic mass is 35.5. The fourth-order valence-electron chi connectivity index (χ4n) is 4.02. The van der Waals surface area contributed by atoms with E-state index < -0.39 is 0 Å². The summed E-state index contributed by atoms with van der Waals surface area (Å²) < 4.78 is 0. The number of nitrogens with one attached hydrogen (secondary N) is 1. The minimum absolute atomic E-state index is 0.180. The van der Waals surface area contributed by atoms with Gasteiger partial charge in [0.25, 0.3) is 0 Å². The molecule has 1 heterocycles. The van der Waals surface area contributed by atoms with Gasteiger partial charge in [0, 0.05) is 55.9 Å². The fraction of sp³-hybridized carbons (Fsp3) is 0.650. The van der Waals surface area contributed by atoms with Crippen molar-refractivity contribution in [3.8, 4) is 0 Å². The lowest BCUT2D eigenvalue weighted by Gasteiger charge is -2.32. The van der Waals surface area contributed by atoms with E-state index in [1.807, 2.05) is 19.2 Å². The van der Waals surface area contributed by atoms with Gasteiger partial charge in [-0.3, -0.25) is 9.69 Å². The molecule has 1 saturated heterocycles. The Kier molecular flexibility index (Phi) is 6.37. The summed E-state index contributed by atoms with van der Waals surface area (Å²) in [5.41, 5.74) is 2.04. The zero-order valence-corrected chi connectivity index (χ0v) is 16.2. The topological polar surface area (TPSA) is 35.6 Å². The van der Waals surface area contributed by atoms with Gasteiger partial charge in [0.15, 0.2) is 0 Å². The summed E-state index contributed by atoms with van der Waals surface area (Å²) in [6.07, 6.45) is 5.66. The van der Waals surface area contributed by atoms with Crippen molar-refractivity contribution in [2.45, 2.75) is 51.6 Å². The second-order valence-corrected chi connectivity index (χ2v) is 8.01. The third kappa shape index (κ3) is 4.75. The van der Waals surface area contributed by atoms with Crippen LogP contribution in [0.3, 0.4) is 0 Å². The van der Waals surface area contributed by atoms with Gasteiger partial charge in [0.2, 0.25) is 5.91 Å². The quantitative estimate of drug-likeness (QED) is 0.886. The summed E-state index contributed by atoms with van der Waals surface area (Å²) in [5.74, 6) is 0.416. The number of nitrogens with zero attached hydrogens (tertiary/aromatic N) is 2. The summed E-state index contributed by atoms with van der Waals surface area (Å²) in [7, 11) is 1.88. The standard InChI is InChI=1S/C20H30ClN3O/c1-15-13-24(11-10-22-15)14-17-8-9-18(12-19(17)21)23(2)20(25)16-6-4-3-5-7-16/h8-9,12,15-16,22H,3-7,10-11,13-14H2,1-2H3/t15-/m0/s1. The fourth-order valence-corrected chi connectivity index (χ4v) is 4.25. The number of carbonyl (C=O) groups excluding carboxylic acids is 1. The van der Waals surface area contributed by atoms with Crippen molar-refractivity contribution in [2.75, 3.05) is 31.6 Å². The van der Waals surface area contributed by atoms with Crippen LogP contribution in [-0.2, 0) is 11.3 Å². The van der Waals surface area contributed by atoms with Crippen molar-refractivity contribution in [1.82, 2.24) is 10.2 Å². The van der Waals surface area contributed by atoms with Gasteiger partial charge in [-0.2, -0.15) is 0 Å². The van der Waals surface area contributed by atoms with Crippen molar-refractivity contribution in [1.29, 1.82) is 0 Å². The molecule has 1 atom stereocenters. The third-order valence-electron chi connectivity index (χ3n) is 5.56. The molecule has 1 N–H and O–H groups in total. The van der Waals surface area contributed by atoms with Gasteiger partial charge in [-0.1, -0.05) is 36.9 Å². The summed E-state index contributed by atoms with van der Waals surface area (Å²) in [6, 6.07) is 6.58. The van der Waals surface area contributed by atoms with E-state index in [1.54, 1.807) is 4.90 Å². The molecule has 1 amide bonds. The zero-order chi connectivity index (χ0) is 17.8. The van der Waals surface area contributed by atoms with E-state index >= 15 is 0 Å². The summed E-state index contributed by atoms with van der Waals surface area (Å²) in [6.45, 7) is 6.18. The molecule has 1 aromatic carbocycles. The van der Waals surface area contributed by atoms with Gasteiger partial charge >= 0.3 is 0 Å². The number of halogens is 1. The molecule has 2 aliphatic rings. The third-order valence-corrected chi connectivity index (χ3v) is 5.91. The lowest BCUT2D eigenvalue weighted by molar-refractivity contribution is -0.123. The van der Waals surface area contributed by atoms with Crippen molar-refractivity contribution < 1.29 is 4.79 Å². The monoisotopic (exact) mass is 363 g/mol. The predicted molar refractivity (Wildman–Crippen MR) is 104 cm³/mol. The lowest BCUT2D eigenvalue weighted by atomic mass is 9.88. The van der Waals surface area contributed by atoms with Crippen molar-refractivity contribution in [3.63, 3.8) is 0 Å². The van der Waals surface area contributed by atoms with E-state index in [4.69, 9.17) is 11.6 Å². The first-order chi connectivity index (χ1) is 12.0. The number of carbonyl (C=O) groups is 1. The first kappa shape index (κ1) is 18.7. The first-order valence-corrected chi connectivity index (χ1v) is 9.94. The molecule has 2 fully saturated rings. The molecule has 0 spiro atoms. The van der Waals surface area contributed by atoms with E-state index in [0.29, 0.717) is 6.04 Å². The number of benzene rings is 1. The van der Waals surface area contributed by atoms with Gasteiger partial charge in [0.05, 0.1) is 0 Å². The van der Waals surface area contributed by atoms with Crippen molar-refractivity contribution in [3.05, 3.63) is 28.8 Å². The normalized spacial score (nSPS) is 22.8. The minimum Gasteiger partial charge on any atom is -0.315 e. The highest BCUT2D eigenvalue weighted by molar-refractivity contribution is 6.31. The SMILES string of the molecule is C[C@H]1CN(Cc2ccc(N(C)C(=O)C3CCCCC3)cc2Cl)CCN1. The molecule has 0 bridgehead atoms. The van der Waals surface area contributed by atoms with Crippen molar-refractivity contribution >= 4 is 23.2 Å². The average Bonchev–Trinajstić information content (AvgIpc) is 2.63. The number of hydrogen-bond donors (Lipinski definition) is 1. The number of piperazine rings is 1. The zero-order valence-electron chi connectivity index (χ0n) is 15.4. The van der Waals surface area contributed by atoms with Crippen LogP contribution in [0, 0.1) is 5.92 Å². The number of rotatable bonds is 4. The van der Waals surface area contributed by atoms with E-state index in [2.05, 4.69) is 23.2 Å². The van der Waals surface area contributed by atoms with Crippen LogP contribution in [0.2, 0.25) is 5.02 Å². The van der Waals surface area contributed by atoms with Gasteiger partial charge in [-0.05, 0) is 37.5 Å². The number of hydrogen-bond acceptors (Lipinski definition) is 3. The summed E-state index contributed by atoms with van der Waals surface area (Å²) >= 11 is 6.54. The lowest BCUT2D eigenvalue weighted by Crippen LogP contribution is -2.48. The van der Waals surface area contributed by atoms with Gasteiger partial charge in [-0.25, -0.2) is 0 Å². The van der Waals surface area contributed by atoms with Crippen LogP contribution in [-0.4, -0.2) is 43.5 Å². The van der Waals surface area contributed by atoms with Gasteiger partial charge in [-0.15, -0.1) is 0 Å². The maximum atomic E-state index is 12.7. The van der Waals surface area contributed by atoms with Gasteiger partial charge < -0.3 is 10.2 Å². The van der Waals surface area contributed by atoms with Crippen LogP contribution in [0.5, 0.6) is 0 Å². The van der Waals surface area contributed by atoms with Crippen LogP contribution >= 0.6 is 11.6 Å². The molecule has 1 aromatic rings. The minimum atomic E-state index is 0.180. The molecule has 3 rings (SSSR count). The molecule has 1 aliphatic carbocycles. The van der Waals surface area contributed by atoms with Gasteiger partial charge in [0.1, 0.15) is 0 Å². The van der Waals surface area contributed by atoms with E-state index in [0.717, 1.165) is 55.3 Å². The number of amides is 1. The van der Waals surface area contributed by atoms with Crippen molar-refractivity contribution in [2.24, 2.45) is 5.92 Å². The van der Waals surface area contributed by atoms with Crippen LogP contribution in [0.25, 0.3) is 0 Å². The maximum absolute atomic E-state index is 12.7. The Morgan fingerprint density at radius 3 is 2.76 bits per heavy atom. The second-order valence-electron chi connectivity index (χ2n) is 7.60. The van der Waals surface area contributed by atoms with Crippen LogP contribution in [0.15, 0.2) is 18.2 Å². The Morgan fingerprint density at radius 2 is 2.08 bits per heavy atom. The van der Waals surface area contributed by atoms with E-state index in [9.17, 15) is 4.79 Å². The Morgan fingerprint density at radius 1 is 1.32 bits per heavy atom. The molecule has 0 aromatic heterocycles. The molecule has 1 aliphatic heterocycles. The predicted octanol–water partition coefficient (Wildman–Crippen LogP) is 3.68. The Hall–Kier alpha value is -1.10. The Balaban J connectivity index is 1.65. The molecule has 0 unspecified atom stereocenters. The molecular weight excluding hydrogens is 334 g/mol. The second kappa shape index (κ2) is 8.52. The summed E-state index contributed by atoms with van der Waals surface area (Å²) in [4.78, 5) is 16.9. The average molecular weight is 364 g/mol. The maximum Gasteiger partial charge on any atom is 0.229 e. The number of anilines is 1. The van der Waals surface area contributed by atoms with E-state index in [-0.39, 0.29) is 11.8 Å². The highest BCUT2D eigenvalue weighted by Gasteiger charge is 2.25. The smallest absolute Gasteiger partial charge is 0.229 e. The largest absolute Gasteiger partial charge is 0.315 e. The Labute approximate surface area is 156 Å². The highest BCUT2D eigenvalue weighted by Crippen LogP contribution is 2.29. The molecule has 25 heavy (non-hydrogen) atoms. The summed E-state index contributed by atoms with van der Waals surface area (Å²) in [5, 5.41) is 4.22. The molecule has 138 valence electrons. The van der Waals surface area contributed by atoms with E-state index in [1.165, 1.54) is 19.3 Å².